The van der Waals surface area contributed by atoms with E-state index in [0.29, 0.717) is 12.8 Å². The number of hydrogen-bond acceptors (Lipinski definition) is 9. The third kappa shape index (κ3) is 17.0. The number of rotatable bonds is 19. The fourth-order valence-corrected chi connectivity index (χ4v) is 4.62. The summed E-state index contributed by atoms with van der Waals surface area (Å²) in [6.45, 7) is 13.9. The van der Waals surface area contributed by atoms with Gasteiger partial charge in [0.25, 0.3) is 0 Å². The van der Waals surface area contributed by atoms with E-state index < -0.39 is 71.6 Å². The van der Waals surface area contributed by atoms with Gasteiger partial charge in [-0.25, -0.2) is 9.59 Å². The van der Waals surface area contributed by atoms with Crippen LogP contribution in [0.1, 0.15) is 86.6 Å². The highest BCUT2D eigenvalue weighted by atomic mass is 16.6. The number of nitrogens with one attached hydrogen (secondary N) is 6. The molecule has 1 rings (SSSR count). The second-order valence-electron chi connectivity index (χ2n) is 13.6. The maximum Gasteiger partial charge on any atom is 0.408 e. The minimum atomic E-state index is -1.41. The highest BCUT2D eigenvalue weighted by Crippen LogP contribution is 2.13. The molecule has 0 aliphatic carbocycles. The molecule has 0 bridgehead atoms. The van der Waals surface area contributed by atoms with Crippen LogP contribution in [-0.4, -0.2) is 83.3 Å². The molecule has 0 aliphatic heterocycles. The van der Waals surface area contributed by atoms with Crippen LogP contribution in [0.3, 0.4) is 0 Å². The standard InChI is InChI=1S/C34H57N7O8/c1-9-21(4)26(30(45)41-27(22(5)42)31(46)48-19-23-14-11-10-12-15-23)40-28(43)24(16-13-17-37-32(35)36)38-29(44)25(18-20(2)3)39-33(47)49-34(6,7)8/h10-12,14-15,20-22,24-27,42H,9,13,16-19H2,1-8H3,(H,38,44)(H,39,47)(H,40,43)(H,41,45)(H4,35,36,37)/t21-,22-,24+,25-,26-,27-/m0/s1. The molecule has 4 amide bonds. The number of hydrogen-bond donors (Lipinski definition) is 8. The van der Waals surface area contributed by atoms with E-state index in [1.54, 1.807) is 52.0 Å². The van der Waals surface area contributed by atoms with Crippen molar-refractivity contribution in [1.29, 1.82) is 5.41 Å². The fraction of sp³-hybridized carbons (Fsp3) is 0.647. The van der Waals surface area contributed by atoms with Crippen LogP contribution in [0, 0.1) is 17.2 Å². The van der Waals surface area contributed by atoms with Gasteiger partial charge in [-0.05, 0) is 64.4 Å². The molecule has 6 atom stereocenters. The highest BCUT2D eigenvalue weighted by Gasteiger charge is 2.35. The molecule has 276 valence electrons. The minimum absolute atomic E-state index is 0.00236. The number of benzene rings is 1. The number of alkyl carbamates (subject to hydrolysis) is 1. The SMILES string of the molecule is CC[C@H](C)[C@H](NC(=O)[C@@H](CCCNC(=N)N)NC(=O)[C@H](CC(C)C)NC(=O)OC(C)(C)C)C(=O)N[C@H](C(=O)OCc1ccccc1)[C@H](C)O. The molecule has 0 saturated carbocycles. The zero-order chi connectivity index (χ0) is 37.3. The second kappa shape index (κ2) is 20.9. The topological polar surface area (TPSA) is 234 Å². The number of esters is 1. The van der Waals surface area contributed by atoms with Gasteiger partial charge < -0.3 is 46.9 Å². The first kappa shape index (κ1) is 42.6. The number of carbonyl (C=O) groups excluding carboxylic acids is 5. The zero-order valence-electron chi connectivity index (χ0n) is 30.1. The molecule has 0 aromatic heterocycles. The molecule has 15 heteroatoms. The summed E-state index contributed by atoms with van der Waals surface area (Å²) < 4.78 is 10.7. The summed E-state index contributed by atoms with van der Waals surface area (Å²) in [6.07, 6.45) is -0.976. The predicted molar refractivity (Wildman–Crippen MR) is 185 cm³/mol. The van der Waals surface area contributed by atoms with Gasteiger partial charge in [0.15, 0.2) is 12.0 Å². The number of nitrogens with two attached hydrogens (primary N) is 1. The monoisotopic (exact) mass is 691 g/mol. The van der Waals surface area contributed by atoms with Gasteiger partial charge in [0.2, 0.25) is 17.7 Å². The van der Waals surface area contributed by atoms with E-state index in [2.05, 4.69) is 26.6 Å². The average Bonchev–Trinajstić information content (AvgIpc) is 3.00. The van der Waals surface area contributed by atoms with Gasteiger partial charge in [-0.15, -0.1) is 0 Å². The summed E-state index contributed by atoms with van der Waals surface area (Å²) in [6, 6.07) is 4.18. The lowest BCUT2D eigenvalue weighted by molar-refractivity contribution is -0.152. The second-order valence-corrected chi connectivity index (χ2v) is 13.6. The Kier molecular flexibility index (Phi) is 18.1. The van der Waals surface area contributed by atoms with Crippen LogP contribution in [-0.2, 0) is 35.3 Å². The average molecular weight is 692 g/mol. The number of carbonyl (C=O) groups is 5. The highest BCUT2D eigenvalue weighted by molar-refractivity contribution is 5.95. The Labute approximate surface area is 289 Å². The molecule has 49 heavy (non-hydrogen) atoms. The van der Waals surface area contributed by atoms with Gasteiger partial charge in [-0.1, -0.05) is 64.4 Å². The zero-order valence-corrected chi connectivity index (χ0v) is 30.1. The van der Waals surface area contributed by atoms with Crippen LogP contribution in [0.15, 0.2) is 30.3 Å². The van der Waals surface area contributed by atoms with Gasteiger partial charge in [-0.2, -0.15) is 0 Å². The molecule has 0 radical (unpaired) electrons. The maximum atomic E-state index is 13.8. The first-order valence-corrected chi connectivity index (χ1v) is 16.7. The molecule has 15 nitrogen and oxygen atoms in total. The van der Waals surface area contributed by atoms with E-state index in [9.17, 15) is 29.1 Å². The lowest BCUT2D eigenvalue weighted by Crippen LogP contribution is -2.60. The molecular formula is C34H57N7O8. The van der Waals surface area contributed by atoms with E-state index in [0.717, 1.165) is 5.56 Å². The number of ether oxygens (including phenoxy) is 2. The number of aliphatic hydroxyl groups is 1. The molecule has 0 aliphatic rings. The number of amides is 4. The fourth-order valence-electron chi connectivity index (χ4n) is 4.62. The number of guanidine groups is 1. The third-order valence-electron chi connectivity index (χ3n) is 7.38. The minimum Gasteiger partial charge on any atom is -0.459 e. The van der Waals surface area contributed by atoms with E-state index in [1.807, 2.05) is 26.8 Å². The molecule has 0 fully saturated rings. The van der Waals surface area contributed by atoms with Crippen LogP contribution in [0.5, 0.6) is 0 Å². The van der Waals surface area contributed by atoms with Crippen molar-refractivity contribution in [2.24, 2.45) is 17.6 Å². The summed E-state index contributed by atoms with van der Waals surface area (Å²) in [5.74, 6) is -3.56. The molecule has 0 spiro atoms. The summed E-state index contributed by atoms with van der Waals surface area (Å²) >= 11 is 0. The Hall–Kier alpha value is -4.40. The first-order chi connectivity index (χ1) is 22.8. The smallest absolute Gasteiger partial charge is 0.408 e. The summed E-state index contributed by atoms with van der Waals surface area (Å²) in [5.41, 5.74) is 5.30. The Morgan fingerprint density at radius 1 is 0.878 bits per heavy atom. The van der Waals surface area contributed by atoms with Crippen LogP contribution < -0.4 is 32.3 Å². The Morgan fingerprint density at radius 3 is 2.00 bits per heavy atom. The summed E-state index contributed by atoms with van der Waals surface area (Å²) in [4.78, 5) is 66.3. The van der Waals surface area contributed by atoms with Crippen molar-refractivity contribution in [3.63, 3.8) is 0 Å². The molecule has 0 unspecified atom stereocenters. The van der Waals surface area contributed by atoms with Crippen molar-refractivity contribution in [2.45, 2.75) is 124 Å². The van der Waals surface area contributed by atoms with E-state index in [1.165, 1.54) is 6.92 Å². The van der Waals surface area contributed by atoms with Crippen LogP contribution in [0.2, 0.25) is 0 Å². The molecule has 1 aromatic rings. The number of aliphatic hydroxyl groups excluding tert-OH is 1. The van der Waals surface area contributed by atoms with Crippen molar-refractivity contribution < 1.29 is 38.6 Å². The molecular weight excluding hydrogens is 634 g/mol. The lowest BCUT2D eigenvalue weighted by Gasteiger charge is -2.29. The van der Waals surface area contributed by atoms with Crippen molar-refractivity contribution >= 4 is 35.7 Å². The normalized spacial score (nSPS) is 15.0. The van der Waals surface area contributed by atoms with Crippen LogP contribution >= 0.6 is 0 Å². The van der Waals surface area contributed by atoms with Crippen molar-refractivity contribution in [1.82, 2.24) is 26.6 Å². The Bertz CT molecular complexity index is 1240. The van der Waals surface area contributed by atoms with Crippen molar-refractivity contribution in [3.8, 4) is 0 Å². The quantitative estimate of drug-likeness (QED) is 0.0454. The summed E-state index contributed by atoms with van der Waals surface area (Å²) in [5, 5.41) is 30.9. The predicted octanol–water partition coefficient (Wildman–Crippen LogP) is 1.81. The van der Waals surface area contributed by atoms with Crippen molar-refractivity contribution in [3.05, 3.63) is 35.9 Å². The van der Waals surface area contributed by atoms with Gasteiger partial charge >= 0.3 is 12.1 Å². The van der Waals surface area contributed by atoms with E-state index in [-0.39, 0.29) is 37.9 Å². The molecule has 0 heterocycles. The molecule has 1 aromatic carbocycles. The van der Waals surface area contributed by atoms with Gasteiger partial charge in [-0.3, -0.25) is 19.8 Å². The maximum absolute atomic E-state index is 13.8. The van der Waals surface area contributed by atoms with E-state index >= 15 is 0 Å². The molecule has 9 N–H and O–H groups in total. The van der Waals surface area contributed by atoms with E-state index in [4.69, 9.17) is 20.6 Å². The van der Waals surface area contributed by atoms with Gasteiger partial charge in [0, 0.05) is 6.54 Å². The summed E-state index contributed by atoms with van der Waals surface area (Å²) in [7, 11) is 0. The Balaban J connectivity index is 3.20. The largest absolute Gasteiger partial charge is 0.459 e. The van der Waals surface area contributed by atoms with Gasteiger partial charge in [0.1, 0.15) is 30.3 Å². The van der Waals surface area contributed by atoms with Crippen molar-refractivity contribution in [2.75, 3.05) is 6.54 Å². The van der Waals surface area contributed by atoms with Gasteiger partial charge in [0.05, 0.1) is 6.10 Å². The lowest BCUT2D eigenvalue weighted by atomic mass is 9.96. The van der Waals surface area contributed by atoms with Crippen LogP contribution in [0.25, 0.3) is 0 Å². The first-order valence-electron chi connectivity index (χ1n) is 16.7. The Morgan fingerprint density at radius 2 is 1.47 bits per heavy atom. The van der Waals surface area contributed by atoms with Crippen LogP contribution in [0.4, 0.5) is 4.79 Å². The third-order valence-corrected chi connectivity index (χ3v) is 7.38. The molecule has 0 saturated heterocycles.